The van der Waals surface area contributed by atoms with E-state index in [0.29, 0.717) is 10.1 Å². The molecular formula is C30H29Cl2N5S. The largest absolute Gasteiger partial charge is 0.370 e. The molecule has 2 atom stereocenters. The van der Waals surface area contributed by atoms with Crippen molar-refractivity contribution in [2.75, 3.05) is 22.9 Å². The summed E-state index contributed by atoms with van der Waals surface area (Å²) < 4.78 is 2.17. The van der Waals surface area contributed by atoms with Gasteiger partial charge in [-0.25, -0.2) is 0 Å². The first-order chi connectivity index (χ1) is 18.5. The maximum atomic E-state index is 6.93. The molecule has 6 rings (SSSR count). The molecule has 194 valence electrons. The topological polar surface area (TPSA) is 36.3 Å². The average Bonchev–Trinajstić information content (AvgIpc) is 3.54. The average molecular weight is 563 g/mol. The van der Waals surface area contributed by atoms with Crippen LogP contribution in [-0.2, 0) is 0 Å². The molecule has 0 aliphatic carbocycles. The highest BCUT2D eigenvalue weighted by Gasteiger charge is 2.42. The smallest absolute Gasteiger partial charge is 0.174 e. The van der Waals surface area contributed by atoms with E-state index in [0.717, 1.165) is 52.5 Å². The number of pyridine rings is 1. The Labute approximate surface area is 239 Å². The molecule has 2 aromatic carbocycles. The summed E-state index contributed by atoms with van der Waals surface area (Å²) in [5, 5.41) is 5.62. The molecule has 2 aliphatic rings. The monoisotopic (exact) mass is 561 g/mol. The van der Waals surface area contributed by atoms with Crippen LogP contribution in [0.3, 0.4) is 0 Å². The highest BCUT2D eigenvalue weighted by atomic mass is 35.5. The van der Waals surface area contributed by atoms with E-state index >= 15 is 0 Å². The summed E-state index contributed by atoms with van der Waals surface area (Å²) in [5.41, 5.74) is 5.01. The third-order valence-corrected chi connectivity index (χ3v) is 8.45. The SMILES string of the molecule is CC1CCN(c2ccc(N3C(=S)N[C@H](c4ccccn4)[C@H]3c3cccn3-c3cccc(Cl)c3)cc2Cl)CC1. The molecule has 0 bridgehead atoms. The molecule has 0 saturated carbocycles. The zero-order valence-corrected chi connectivity index (χ0v) is 23.4. The van der Waals surface area contributed by atoms with Crippen molar-refractivity contribution in [2.24, 2.45) is 5.92 Å². The second-order valence-electron chi connectivity index (χ2n) is 10.1. The van der Waals surface area contributed by atoms with Crippen LogP contribution >= 0.6 is 35.4 Å². The Morgan fingerprint density at radius 1 is 0.921 bits per heavy atom. The fraction of sp³-hybridized carbons (Fsp3) is 0.267. The van der Waals surface area contributed by atoms with Gasteiger partial charge in [-0.2, -0.15) is 0 Å². The number of hydrogen-bond acceptors (Lipinski definition) is 3. The Bertz CT molecular complexity index is 1450. The van der Waals surface area contributed by atoms with E-state index in [9.17, 15) is 0 Å². The zero-order chi connectivity index (χ0) is 26.2. The number of nitrogens with one attached hydrogen (secondary N) is 1. The number of rotatable bonds is 5. The van der Waals surface area contributed by atoms with Crippen molar-refractivity contribution in [1.29, 1.82) is 0 Å². The van der Waals surface area contributed by atoms with E-state index in [4.69, 9.17) is 35.4 Å². The van der Waals surface area contributed by atoms with E-state index in [2.05, 4.69) is 68.1 Å². The van der Waals surface area contributed by atoms with Gasteiger partial charge < -0.3 is 19.7 Å². The first-order valence-electron chi connectivity index (χ1n) is 13.0. The first kappa shape index (κ1) is 25.2. The number of thiocarbonyl (C=S) groups is 1. The summed E-state index contributed by atoms with van der Waals surface area (Å²) in [4.78, 5) is 9.25. The van der Waals surface area contributed by atoms with Crippen molar-refractivity contribution in [3.05, 3.63) is 107 Å². The standard InChI is InChI=1S/C30H29Cl2N5S/c1-20-12-16-35(17-13-20)26-11-10-23(19-24(26)32)37-29(28(34-30(37)38)25-8-2-3-14-33-25)27-9-5-15-36(27)22-7-4-6-21(31)18-22/h2-11,14-15,18-20,28-29H,12-13,16-17H2,1H3,(H,34,38)/t28-,29-/m1/s1. The summed E-state index contributed by atoms with van der Waals surface area (Å²) in [6.07, 6.45) is 6.25. The number of nitrogens with zero attached hydrogens (tertiary/aromatic N) is 4. The maximum Gasteiger partial charge on any atom is 0.174 e. The molecule has 2 fully saturated rings. The number of aromatic nitrogens is 2. The van der Waals surface area contributed by atoms with Crippen molar-refractivity contribution < 1.29 is 0 Å². The predicted molar refractivity (Wildman–Crippen MR) is 161 cm³/mol. The van der Waals surface area contributed by atoms with Gasteiger partial charge in [-0.15, -0.1) is 0 Å². The highest BCUT2D eigenvalue weighted by Crippen LogP contribution is 2.44. The zero-order valence-electron chi connectivity index (χ0n) is 21.1. The summed E-state index contributed by atoms with van der Waals surface area (Å²) in [6, 6.07) is 24.0. The van der Waals surface area contributed by atoms with E-state index in [1.165, 1.54) is 12.8 Å². The number of piperidine rings is 1. The van der Waals surface area contributed by atoms with Crippen molar-refractivity contribution in [1.82, 2.24) is 14.9 Å². The Kier molecular flexibility index (Phi) is 7.04. The lowest BCUT2D eigenvalue weighted by atomic mass is 9.98. The lowest BCUT2D eigenvalue weighted by Crippen LogP contribution is -2.33. The highest BCUT2D eigenvalue weighted by molar-refractivity contribution is 7.80. The number of anilines is 2. The van der Waals surface area contributed by atoms with Gasteiger partial charge in [0, 0.05) is 47.6 Å². The van der Waals surface area contributed by atoms with Crippen LogP contribution in [0.25, 0.3) is 5.69 Å². The van der Waals surface area contributed by atoms with Crippen LogP contribution in [0.1, 0.15) is 43.2 Å². The summed E-state index contributed by atoms with van der Waals surface area (Å²) in [6.45, 7) is 4.38. The molecule has 0 spiro atoms. The normalized spacial score (nSPS) is 20.1. The number of hydrogen-bond donors (Lipinski definition) is 1. The Hall–Kier alpha value is -3.06. The van der Waals surface area contributed by atoms with E-state index in [1.807, 2.05) is 48.7 Å². The van der Waals surface area contributed by atoms with Gasteiger partial charge in [0.2, 0.25) is 0 Å². The molecule has 2 aliphatic heterocycles. The molecule has 0 unspecified atom stereocenters. The van der Waals surface area contributed by atoms with Crippen molar-refractivity contribution in [3.8, 4) is 5.69 Å². The minimum atomic E-state index is -0.163. The molecule has 2 aromatic heterocycles. The van der Waals surface area contributed by atoms with Gasteiger partial charge in [0.1, 0.15) is 6.04 Å². The Balaban J connectivity index is 1.42. The quantitative estimate of drug-likeness (QED) is 0.254. The summed E-state index contributed by atoms with van der Waals surface area (Å²) in [7, 11) is 0. The van der Waals surface area contributed by atoms with Crippen molar-refractivity contribution in [2.45, 2.75) is 31.8 Å². The molecule has 8 heteroatoms. The molecule has 38 heavy (non-hydrogen) atoms. The third-order valence-electron chi connectivity index (χ3n) is 7.60. The minimum absolute atomic E-state index is 0.154. The predicted octanol–water partition coefficient (Wildman–Crippen LogP) is 7.59. The number of halogens is 2. The second kappa shape index (κ2) is 10.6. The van der Waals surface area contributed by atoms with E-state index < -0.39 is 0 Å². The molecular weight excluding hydrogens is 533 g/mol. The molecule has 4 heterocycles. The van der Waals surface area contributed by atoms with E-state index in [1.54, 1.807) is 0 Å². The van der Waals surface area contributed by atoms with Gasteiger partial charge in [0.25, 0.3) is 0 Å². The number of benzene rings is 2. The molecule has 0 radical (unpaired) electrons. The molecule has 1 N–H and O–H groups in total. The third kappa shape index (κ3) is 4.77. The van der Waals surface area contributed by atoms with Crippen molar-refractivity contribution >= 4 is 51.9 Å². The molecule has 5 nitrogen and oxygen atoms in total. The Morgan fingerprint density at radius 3 is 2.50 bits per heavy atom. The van der Waals surface area contributed by atoms with Gasteiger partial charge in [0.15, 0.2) is 5.11 Å². The first-order valence-corrected chi connectivity index (χ1v) is 14.1. The lowest BCUT2D eigenvalue weighted by Gasteiger charge is -2.33. The molecule has 0 amide bonds. The fourth-order valence-corrected chi connectivity index (χ4v) is 6.41. The molecule has 2 saturated heterocycles. The summed E-state index contributed by atoms with van der Waals surface area (Å²) >= 11 is 19.2. The van der Waals surface area contributed by atoms with Gasteiger partial charge in [-0.05, 0) is 91.6 Å². The maximum absolute atomic E-state index is 6.93. The van der Waals surface area contributed by atoms with Crippen LogP contribution in [0.15, 0.2) is 85.2 Å². The van der Waals surface area contributed by atoms with Crippen LogP contribution in [0.2, 0.25) is 10.0 Å². The fourth-order valence-electron chi connectivity index (χ4n) is 5.58. The van der Waals surface area contributed by atoms with Gasteiger partial charge in [0.05, 0.1) is 22.4 Å². The second-order valence-corrected chi connectivity index (χ2v) is 11.3. The van der Waals surface area contributed by atoms with Crippen LogP contribution in [0, 0.1) is 5.92 Å². The lowest BCUT2D eigenvalue weighted by molar-refractivity contribution is 0.438. The van der Waals surface area contributed by atoms with Gasteiger partial charge >= 0.3 is 0 Å². The summed E-state index contributed by atoms with van der Waals surface area (Å²) in [5.74, 6) is 0.761. The van der Waals surface area contributed by atoms with Crippen LogP contribution in [-0.4, -0.2) is 27.8 Å². The van der Waals surface area contributed by atoms with Crippen molar-refractivity contribution in [3.63, 3.8) is 0 Å². The molecule has 4 aromatic rings. The van der Waals surface area contributed by atoms with E-state index in [-0.39, 0.29) is 12.1 Å². The van der Waals surface area contributed by atoms with Crippen LogP contribution < -0.4 is 15.1 Å². The van der Waals surface area contributed by atoms with Gasteiger partial charge in [-0.1, -0.05) is 42.3 Å². The van der Waals surface area contributed by atoms with Crippen LogP contribution in [0.5, 0.6) is 0 Å². The minimum Gasteiger partial charge on any atom is -0.370 e. The Morgan fingerprint density at radius 2 is 1.76 bits per heavy atom. The van der Waals surface area contributed by atoms with Crippen LogP contribution in [0.4, 0.5) is 11.4 Å². The van der Waals surface area contributed by atoms with Gasteiger partial charge in [-0.3, -0.25) is 4.98 Å².